The van der Waals surface area contributed by atoms with Crippen LogP contribution in [-0.4, -0.2) is 9.81 Å². The minimum atomic E-state index is 0.730. The summed E-state index contributed by atoms with van der Waals surface area (Å²) in [6.45, 7) is 0. The molecule has 1 saturated carbocycles. The molecule has 2 aliphatic rings. The number of alkyl halides is 1. The second-order valence-electron chi connectivity index (χ2n) is 4.80. The molecule has 0 aromatic carbocycles. The van der Waals surface area contributed by atoms with Crippen LogP contribution in [0, 0.1) is 5.92 Å². The second-order valence-corrected chi connectivity index (χ2v) is 5.98. The van der Waals surface area contributed by atoms with E-state index < -0.39 is 0 Å². The molecule has 1 aromatic rings. The van der Waals surface area contributed by atoms with E-state index in [9.17, 15) is 0 Å². The van der Waals surface area contributed by atoms with Crippen molar-refractivity contribution in [3.05, 3.63) is 29.6 Å². The summed E-state index contributed by atoms with van der Waals surface area (Å²) in [5.74, 6) is 1.56. The zero-order valence-electron chi connectivity index (χ0n) is 8.82. The molecular formula is C13H16BrN. The summed E-state index contributed by atoms with van der Waals surface area (Å²) in [6, 6.07) is 4.32. The summed E-state index contributed by atoms with van der Waals surface area (Å²) >= 11 is 3.84. The molecule has 1 heterocycles. The Morgan fingerprint density at radius 1 is 1.27 bits per heavy atom. The number of hydrogen-bond acceptors (Lipinski definition) is 1. The molecule has 3 atom stereocenters. The molecular weight excluding hydrogens is 250 g/mol. The third-order valence-corrected chi connectivity index (χ3v) is 5.14. The van der Waals surface area contributed by atoms with E-state index >= 15 is 0 Å². The molecule has 1 fully saturated rings. The number of halogens is 1. The van der Waals surface area contributed by atoms with Crippen LogP contribution in [-0.2, 0) is 6.42 Å². The highest BCUT2D eigenvalue weighted by molar-refractivity contribution is 9.09. The Morgan fingerprint density at radius 2 is 2.20 bits per heavy atom. The van der Waals surface area contributed by atoms with Crippen LogP contribution < -0.4 is 0 Å². The maximum atomic E-state index is 4.60. The lowest BCUT2D eigenvalue weighted by Gasteiger charge is -2.21. The fraction of sp³-hybridized carbons (Fsp3) is 0.615. The number of hydrogen-bond donors (Lipinski definition) is 0. The van der Waals surface area contributed by atoms with Crippen LogP contribution in [0.1, 0.15) is 42.9 Å². The molecule has 0 N–H and O–H groups in total. The van der Waals surface area contributed by atoms with Gasteiger partial charge in [-0.25, -0.2) is 0 Å². The van der Waals surface area contributed by atoms with Gasteiger partial charge >= 0.3 is 0 Å². The second kappa shape index (κ2) is 3.89. The van der Waals surface area contributed by atoms with Crippen molar-refractivity contribution in [2.75, 3.05) is 0 Å². The molecule has 15 heavy (non-hydrogen) atoms. The molecule has 0 amide bonds. The minimum absolute atomic E-state index is 0.730. The molecule has 0 spiro atoms. The summed E-state index contributed by atoms with van der Waals surface area (Å²) in [6.07, 6.45) is 8.64. The average molecular weight is 266 g/mol. The van der Waals surface area contributed by atoms with Crippen molar-refractivity contribution in [2.45, 2.75) is 42.8 Å². The number of nitrogens with zero attached hydrogens (tertiary/aromatic N) is 1. The Bertz CT molecular complexity index is 363. The summed E-state index contributed by atoms with van der Waals surface area (Å²) in [5.41, 5.74) is 2.89. The molecule has 3 rings (SSSR count). The van der Waals surface area contributed by atoms with Crippen LogP contribution in [0.15, 0.2) is 18.3 Å². The van der Waals surface area contributed by atoms with Gasteiger partial charge in [0.1, 0.15) is 0 Å². The van der Waals surface area contributed by atoms with Crippen molar-refractivity contribution in [1.29, 1.82) is 0 Å². The molecule has 2 heteroatoms. The number of rotatable bonds is 1. The lowest BCUT2D eigenvalue weighted by atomic mass is 9.89. The zero-order chi connectivity index (χ0) is 10.3. The summed E-state index contributed by atoms with van der Waals surface area (Å²) < 4.78 is 0. The molecule has 0 radical (unpaired) electrons. The fourth-order valence-corrected chi connectivity index (χ4v) is 4.21. The van der Waals surface area contributed by atoms with Crippen molar-refractivity contribution >= 4 is 15.9 Å². The van der Waals surface area contributed by atoms with Gasteiger partial charge in [0, 0.05) is 22.6 Å². The van der Waals surface area contributed by atoms with Gasteiger partial charge in [-0.15, -0.1) is 0 Å². The van der Waals surface area contributed by atoms with Crippen LogP contribution >= 0.6 is 15.9 Å². The van der Waals surface area contributed by atoms with E-state index in [1.807, 2.05) is 6.20 Å². The number of aromatic nitrogens is 1. The monoisotopic (exact) mass is 265 g/mol. The molecule has 1 nitrogen and oxygen atoms in total. The van der Waals surface area contributed by atoms with E-state index in [1.54, 1.807) is 0 Å². The summed E-state index contributed by atoms with van der Waals surface area (Å²) in [7, 11) is 0. The van der Waals surface area contributed by atoms with Gasteiger partial charge in [-0.1, -0.05) is 28.4 Å². The summed E-state index contributed by atoms with van der Waals surface area (Å²) in [5, 5.41) is 0. The van der Waals surface area contributed by atoms with Crippen LogP contribution in [0.2, 0.25) is 0 Å². The molecule has 80 valence electrons. The third kappa shape index (κ3) is 1.63. The van der Waals surface area contributed by atoms with E-state index in [4.69, 9.17) is 0 Å². The molecule has 0 saturated heterocycles. The number of fused-ring (bicyclic) bond motifs is 1. The highest BCUT2D eigenvalue weighted by Crippen LogP contribution is 2.46. The van der Waals surface area contributed by atoms with Gasteiger partial charge in [-0.2, -0.15) is 0 Å². The van der Waals surface area contributed by atoms with E-state index in [0.29, 0.717) is 0 Å². The van der Waals surface area contributed by atoms with Gasteiger partial charge in [0.15, 0.2) is 0 Å². The topological polar surface area (TPSA) is 12.9 Å². The Hall–Kier alpha value is -0.370. The lowest BCUT2D eigenvalue weighted by molar-refractivity contribution is 0.437. The first kappa shape index (κ1) is 9.83. The molecule has 0 bridgehead atoms. The van der Waals surface area contributed by atoms with Crippen molar-refractivity contribution in [3.63, 3.8) is 0 Å². The lowest BCUT2D eigenvalue weighted by Crippen LogP contribution is -2.15. The van der Waals surface area contributed by atoms with Gasteiger partial charge in [-0.05, 0) is 43.2 Å². The highest BCUT2D eigenvalue weighted by atomic mass is 79.9. The van der Waals surface area contributed by atoms with Crippen molar-refractivity contribution in [3.8, 4) is 0 Å². The maximum absolute atomic E-state index is 4.60. The molecule has 2 aliphatic carbocycles. The molecule has 0 aliphatic heterocycles. The quantitative estimate of drug-likeness (QED) is 0.707. The largest absolute Gasteiger partial charge is 0.261 e. The third-order valence-electron chi connectivity index (χ3n) is 4.00. The van der Waals surface area contributed by atoms with Crippen LogP contribution in [0.4, 0.5) is 0 Å². The van der Waals surface area contributed by atoms with Crippen molar-refractivity contribution in [1.82, 2.24) is 4.98 Å². The van der Waals surface area contributed by atoms with Gasteiger partial charge < -0.3 is 0 Å². The average Bonchev–Trinajstić information content (AvgIpc) is 2.83. The number of aryl methyl sites for hydroxylation is 1. The van der Waals surface area contributed by atoms with E-state index in [0.717, 1.165) is 16.7 Å². The van der Waals surface area contributed by atoms with Gasteiger partial charge in [0.25, 0.3) is 0 Å². The van der Waals surface area contributed by atoms with Gasteiger partial charge in [0.2, 0.25) is 0 Å². The standard InChI is InChI=1S/C13H16BrN/c14-12-5-1-4-10(12)11-7-6-9-3-2-8-15-13(9)11/h2-3,8,10-12H,1,4-7H2. The van der Waals surface area contributed by atoms with Gasteiger partial charge in [-0.3, -0.25) is 4.98 Å². The first-order valence-electron chi connectivity index (χ1n) is 5.94. The normalized spacial score (nSPS) is 34.3. The maximum Gasteiger partial charge on any atom is 0.0469 e. The Balaban J connectivity index is 1.90. The predicted molar refractivity (Wildman–Crippen MR) is 65.4 cm³/mol. The zero-order valence-corrected chi connectivity index (χ0v) is 10.4. The van der Waals surface area contributed by atoms with Crippen molar-refractivity contribution in [2.24, 2.45) is 5.92 Å². The van der Waals surface area contributed by atoms with Crippen molar-refractivity contribution < 1.29 is 0 Å². The Kier molecular flexibility index (Phi) is 2.55. The fourth-order valence-electron chi connectivity index (χ4n) is 3.26. The molecule has 1 aromatic heterocycles. The van der Waals surface area contributed by atoms with E-state index in [1.165, 1.54) is 43.4 Å². The SMILES string of the molecule is BrC1CCCC1C1CCc2cccnc21. The Labute approximate surface area is 99.4 Å². The predicted octanol–water partition coefficient (Wildman–Crippen LogP) is 3.68. The summed E-state index contributed by atoms with van der Waals surface area (Å²) in [4.78, 5) is 5.33. The van der Waals surface area contributed by atoms with Gasteiger partial charge in [0.05, 0.1) is 0 Å². The first-order chi connectivity index (χ1) is 7.36. The first-order valence-corrected chi connectivity index (χ1v) is 6.85. The Morgan fingerprint density at radius 3 is 3.00 bits per heavy atom. The van der Waals surface area contributed by atoms with Crippen LogP contribution in [0.5, 0.6) is 0 Å². The molecule has 3 unspecified atom stereocenters. The van der Waals surface area contributed by atoms with E-state index in [-0.39, 0.29) is 0 Å². The van der Waals surface area contributed by atoms with E-state index in [2.05, 4.69) is 33.0 Å². The smallest absolute Gasteiger partial charge is 0.0469 e. The highest BCUT2D eigenvalue weighted by Gasteiger charge is 2.37. The van der Waals surface area contributed by atoms with Crippen LogP contribution in [0.25, 0.3) is 0 Å². The number of pyridine rings is 1. The van der Waals surface area contributed by atoms with Crippen LogP contribution in [0.3, 0.4) is 0 Å². The minimum Gasteiger partial charge on any atom is -0.261 e.